The number of likely N-dealkylation sites (N-methyl/N-ethyl adjacent to an activating group) is 1. The molecule has 2 N–H and O–H groups in total. The van der Waals surface area contributed by atoms with Gasteiger partial charge in [0.2, 0.25) is 0 Å². The third-order valence-electron chi connectivity index (χ3n) is 6.15. The third-order valence-corrected chi connectivity index (χ3v) is 6.15. The van der Waals surface area contributed by atoms with Gasteiger partial charge in [-0.1, -0.05) is 18.2 Å². The van der Waals surface area contributed by atoms with E-state index in [2.05, 4.69) is 18.0 Å². The Morgan fingerprint density at radius 2 is 2.14 bits per heavy atom. The average Bonchev–Trinajstić information content (AvgIpc) is 2.83. The van der Waals surface area contributed by atoms with Crippen LogP contribution in [0.4, 0.5) is 0 Å². The Hall–Kier alpha value is -1.56. The normalized spacial score (nSPS) is 40.6. The van der Waals surface area contributed by atoms with Gasteiger partial charge in [0, 0.05) is 29.1 Å². The zero-order chi connectivity index (χ0) is 14.4. The van der Waals surface area contributed by atoms with Gasteiger partial charge in [-0.2, -0.15) is 0 Å². The predicted molar refractivity (Wildman–Crippen MR) is 79.7 cm³/mol. The molecule has 1 aromatic carbocycles. The van der Waals surface area contributed by atoms with Crippen LogP contribution in [0.1, 0.15) is 17.5 Å². The van der Waals surface area contributed by atoms with E-state index in [0.717, 1.165) is 19.4 Å². The Labute approximate surface area is 129 Å². The van der Waals surface area contributed by atoms with E-state index in [0.29, 0.717) is 17.7 Å². The van der Waals surface area contributed by atoms with Crippen molar-refractivity contribution in [2.24, 2.45) is 5.92 Å². The molecule has 3 radical (unpaired) electrons. The molecule has 5 heteroatoms. The average molecular weight is 299 g/mol. The van der Waals surface area contributed by atoms with E-state index in [9.17, 15) is 10.2 Å². The number of likely N-dealkylation sites (tertiary alicyclic amines) is 1. The van der Waals surface area contributed by atoms with Gasteiger partial charge < -0.3 is 19.8 Å². The third kappa shape index (κ3) is 1.35. The fourth-order valence-corrected chi connectivity index (χ4v) is 5.24. The highest BCUT2D eigenvalue weighted by molar-refractivity contribution is 5.61. The first kappa shape index (κ1) is 14.1. The zero-order valence-electron chi connectivity index (χ0n) is 12.4. The number of rotatable bonds is 0. The monoisotopic (exact) mass is 299 g/mol. The van der Waals surface area contributed by atoms with Crippen molar-refractivity contribution in [1.82, 2.24) is 11.1 Å². The molecule has 0 amide bonds. The van der Waals surface area contributed by atoms with Crippen LogP contribution in [0.2, 0.25) is 0 Å². The summed E-state index contributed by atoms with van der Waals surface area (Å²) < 4.78 is 6.09. The van der Waals surface area contributed by atoms with Crippen LogP contribution in [0.15, 0.2) is 24.3 Å². The summed E-state index contributed by atoms with van der Waals surface area (Å²) in [6.45, 7) is 1.01. The number of benzene rings is 1. The van der Waals surface area contributed by atoms with Crippen molar-refractivity contribution in [2.75, 3.05) is 13.6 Å². The van der Waals surface area contributed by atoms with Gasteiger partial charge in [-0.25, -0.2) is 0 Å². The molecular weight excluding hydrogens is 280 g/mol. The summed E-state index contributed by atoms with van der Waals surface area (Å²) >= 11 is 0. The molecule has 5 rings (SSSR count). The van der Waals surface area contributed by atoms with Crippen molar-refractivity contribution in [1.29, 1.82) is 0 Å². The number of aliphatic hydroxyl groups excluding tert-OH is 1. The van der Waals surface area contributed by atoms with Crippen LogP contribution in [-0.2, 0) is 11.8 Å². The first-order chi connectivity index (χ1) is 10.1. The number of hydrogen-bond donors (Lipinski definition) is 2. The predicted octanol–water partition coefficient (Wildman–Crippen LogP) is 0.717. The van der Waals surface area contributed by atoms with Crippen LogP contribution < -0.4 is 10.9 Å². The van der Waals surface area contributed by atoms with Crippen LogP contribution in [0.25, 0.3) is 0 Å². The topological polar surface area (TPSA) is 83.4 Å². The Balaban J connectivity index is 0.00000125. The lowest BCUT2D eigenvalue weighted by atomic mass is 9.53. The van der Waals surface area contributed by atoms with Gasteiger partial charge >= 0.3 is 0 Å². The molecule has 1 saturated heterocycles. The summed E-state index contributed by atoms with van der Waals surface area (Å²) in [5.74, 6) is 1.19. The zero-order valence-corrected chi connectivity index (χ0v) is 12.4. The molecule has 115 valence electrons. The first-order valence-electron chi connectivity index (χ1n) is 7.71. The van der Waals surface area contributed by atoms with E-state index in [-0.39, 0.29) is 23.4 Å². The summed E-state index contributed by atoms with van der Waals surface area (Å²) in [5, 5.41) is 20.6. The fourth-order valence-electron chi connectivity index (χ4n) is 5.24. The molecule has 0 aromatic heterocycles. The molecule has 2 aliphatic heterocycles. The van der Waals surface area contributed by atoms with E-state index in [1.54, 1.807) is 6.07 Å². The number of hydrogen-bond acceptors (Lipinski definition) is 4. The van der Waals surface area contributed by atoms with E-state index in [4.69, 9.17) is 4.74 Å². The largest absolute Gasteiger partial charge is 0.504 e. The van der Waals surface area contributed by atoms with E-state index in [1.165, 1.54) is 11.1 Å². The summed E-state index contributed by atoms with van der Waals surface area (Å²) in [7, 11) is 2.19. The SMILES string of the molecule is CN1CC[C@]23c4c5ccc(O)c4O[C@H]2[C@@H](O)C=C[C@H]3[C@H]1C5.[N]. The minimum Gasteiger partial charge on any atom is -0.504 e. The number of phenols is 1. The minimum atomic E-state index is -0.594. The maximum Gasteiger partial charge on any atom is 0.165 e. The molecule has 2 bridgehead atoms. The molecule has 22 heavy (non-hydrogen) atoms. The smallest absolute Gasteiger partial charge is 0.165 e. The van der Waals surface area contributed by atoms with Gasteiger partial charge in [0.25, 0.3) is 0 Å². The molecule has 0 unspecified atom stereocenters. The second-order valence-electron chi connectivity index (χ2n) is 6.93. The lowest BCUT2D eigenvalue weighted by Crippen LogP contribution is -2.64. The first-order valence-corrected chi connectivity index (χ1v) is 7.71. The van der Waals surface area contributed by atoms with Crippen LogP contribution >= 0.6 is 0 Å². The van der Waals surface area contributed by atoms with Gasteiger partial charge in [-0.05, 0) is 38.1 Å². The molecule has 1 fully saturated rings. The molecule has 5 nitrogen and oxygen atoms in total. The summed E-state index contributed by atoms with van der Waals surface area (Å²) in [4.78, 5) is 2.43. The number of phenolic OH excluding ortho intramolecular Hbond substituents is 1. The standard InChI is InChI=1S/C17H19NO3.N/c1-18-7-6-17-10-3-5-13(20)16(17)21-15-12(19)4-2-9(14(15)17)8-11(10)18;/h2-5,10-11,13,16,19-20H,6-8H2,1H3;/t10-,11+,13-,16-,17-;/m0./s1. The van der Waals surface area contributed by atoms with E-state index >= 15 is 0 Å². The summed E-state index contributed by atoms with van der Waals surface area (Å²) in [6, 6.07) is 4.23. The molecule has 2 heterocycles. The molecule has 2 aliphatic carbocycles. The maximum absolute atomic E-state index is 10.4. The van der Waals surface area contributed by atoms with Gasteiger partial charge in [-0.3, -0.25) is 0 Å². The summed E-state index contributed by atoms with van der Waals surface area (Å²) in [5.41, 5.74) is 2.29. The van der Waals surface area contributed by atoms with Crippen molar-refractivity contribution in [3.8, 4) is 11.5 Å². The second-order valence-corrected chi connectivity index (χ2v) is 6.93. The molecule has 1 aromatic rings. The number of nitrogens with zero attached hydrogens (tertiary/aromatic N) is 2. The lowest BCUT2D eigenvalue weighted by Gasteiger charge is -2.56. The Morgan fingerprint density at radius 3 is 2.95 bits per heavy atom. The molecular formula is C17H19N2O3. The molecule has 5 atom stereocenters. The fraction of sp³-hybridized carbons (Fsp3) is 0.529. The van der Waals surface area contributed by atoms with Crippen LogP contribution in [0.3, 0.4) is 0 Å². The van der Waals surface area contributed by atoms with Crippen molar-refractivity contribution in [2.45, 2.75) is 36.5 Å². The lowest BCUT2D eigenvalue weighted by molar-refractivity contribution is -0.0453. The summed E-state index contributed by atoms with van der Waals surface area (Å²) in [6.07, 6.45) is 5.18. The van der Waals surface area contributed by atoms with Crippen molar-refractivity contribution in [3.63, 3.8) is 0 Å². The molecule has 4 aliphatic rings. The number of ether oxygens (including phenoxy) is 1. The highest BCUT2D eigenvalue weighted by Crippen LogP contribution is 2.62. The van der Waals surface area contributed by atoms with Crippen LogP contribution in [-0.4, -0.2) is 47.0 Å². The van der Waals surface area contributed by atoms with Gasteiger partial charge in [-0.15, -0.1) is 0 Å². The second kappa shape index (κ2) is 4.25. The Bertz CT molecular complexity index is 674. The van der Waals surface area contributed by atoms with Crippen LogP contribution in [0, 0.1) is 5.92 Å². The van der Waals surface area contributed by atoms with E-state index < -0.39 is 6.10 Å². The molecule has 1 spiro atoms. The minimum absolute atomic E-state index is 0. The number of aliphatic hydroxyl groups is 1. The highest BCUT2D eigenvalue weighted by atomic mass is 16.5. The van der Waals surface area contributed by atoms with Crippen molar-refractivity contribution >= 4 is 0 Å². The van der Waals surface area contributed by atoms with Crippen molar-refractivity contribution in [3.05, 3.63) is 35.4 Å². The van der Waals surface area contributed by atoms with E-state index in [1.807, 2.05) is 12.1 Å². The molecule has 0 saturated carbocycles. The highest BCUT2D eigenvalue weighted by Gasteiger charge is 2.64. The van der Waals surface area contributed by atoms with Gasteiger partial charge in [0.05, 0.1) is 0 Å². The Kier molecular flexibility index (Phi) is 2.72. The number of piperidine rings is 1. The number of aromatic hydroxyl groups is 1. The van der Waals surface area contributed by atoms with Crippen LogP contribution in [0.5, 0.6) is 11.5 Å². The maximum atomic E-state index is 10.4. The van der Waals surface area contributed by atoms with Gasteiger partial charge in [0.15, 0.2) is 11.5 Å². The Morgan fingerprint density at radius 1 is 1.32 bits per heavy atom. The quantitative estimate of drug-likeness (QED) is 0.691. The van der Waals surface area contributed by atoms with Gasteiger partial charge in [0.1, 0.15) is 12.2 Å². The van der Waals surface area contributed by atoms with Crippen molar-refractivity contribution < 1.29 is 14.9 Å².